The highest BCUT2D eigenvalue weighted by Crippen LogP contribution is 2.14. The van der Waals surface area contributed by atoms with Gasteiger partial charge in [0, 0.05) is 12.1 Å². The van der Waals surface area contributed by atoms with E-state index in [-0.39, 0.29) is 12.1 Å². The van der Waals surface area contributed by atoms with Crippen LogP contribution in [0.4, 0.5) is 0 Å². The minimum atomic E-state index is -0.405. The van der Waals surface area contributed by atoms with Crippen molar-refractivity contribution in [3.05, 3.63) is 0 Å². The van der Waals surface area contributed by atoms with Crippen molar-refractivity contribution in [3.63, 3.8) is 0 Å². The third-order valence-corrected chi connectivity index (χ3v) is 2.78. The lowest BCUT2D eigenvalue weighted by atomic mass is 9.91. The van der Waals surface area contributed by atoms with E-state index in [9.17, 15) is 5.11 Å². The van der Waals surface area contributed by atoms with Crippen molar-refractivity contribution < 1.29 is 5.11 Å². The van der Waals surface area contributed by atoms with Crippen molar-refractivity contribution in [2.75, 3.05) is 0 Å². The molecule has 0 aliphatic carbocycles. The van der Waals surface area contributed by atoms with Crippen LogP contribution in [-0.4, -0.2) is 23.3 Å². The van der Waals surface area contributed by atoms with Crippen molar-refractivity contribution in [2.24, 2.45) is 17.4 Å². The summed E-state index contributed by atoms with van der Waals surface area (Å²) in [5.74, 6) is 0.345. The van der Waals surface area contributed by atoms with E-state index in [1.807, 2.05) is 6.92 Å². The Morgan fingerprint density at radius 3 is 1.92 bits per heavy atom. The molecule has 0 fully saturated rings. The van der Waals surface area contributed by atoms with Gasteiger partial charge in [-0.15, -0.1) is 0 Å². The van der Waals surface area contributed by atoms with Crippen LogP contribution in [0.15, 0.2) is 0 Å². The maximum Gasteiger partial charge on any atom is 0.0694 e. The molecular weight excluding hydrogens is 164 g/mol. The highest BCUT2D eigenvalue weighted by molar-refractivity contribution is 4.76. The van der Waals surface area contributed by atoms with Crippen molar-refractivity contribution >= 4 is 0 Å². The lowest BCUT2D eigenvalue weighted by molar-refractivity contribution is 0.110. The molecule has 3 heteroatoms. The number of hydrogen-bond donors (Lipinski definition) is 3. The van der Waals surface area contributed by atoms with E-state index in [1.165, 1.54) is 0 Å². The molecule has 0 aliphatic heterocycles. The molecule has 0 spiro atoms. The van der Waals surface area contributed by atoms with Gasteiger partial charge in [-0.05, 0) is 25.2 Å². The Balaban J connectivity index is 3.83. The fraction of sp³-hybridized carbons (Fsp3) is 1.00. The number of aliphatic hydroxyl groups excluding tert-OH is 1. The average Bonchev–Trinajstić information content (AvgIpc) is 2.14. The molecule has 4 unspecified atom stereocenters. The lowest BCUT2D eigenvalue weighted by Crippen LogP contribution is -2.38. The predicted octanol–water partition coefficient (Wildman–Crippen LogP) is 0.848. The summed E-state index contributed by atoms with van der Waals surface area (Å²) >= 11 is 0. The van der Waals surface area contributed by atoms with Gasteiger partial charge >= 0.3 is 0 Å². The summed E-state index contributed by atoms with van der Waals surface area (Å²) in [6, 6.07) is 0.0743. The Morgan fingerprint density at radius 2 is 1.54 bits per heavy atom. The van der Waals surface area contributed by atoms with Crippen LogP contribution >= 0.6 is 0 Å². The normalized spacial score (nSPS) is 20.8. The van der Waals surface area contributed by atoms with Crippen molar-refractivity contribution in [1.82, 2.24) is 0 Å². The third kappa shape index (κ3) is 4.60. The Morgan fingerprint density at radius 1 is 1.08 bits per heavy atom. The van der Waals surface area contributed by atoms with E-state index in [0.29, 0.717) is 12.3 Å². The summed E-state index contributed by atoms with van der Waals surface area (Å²) in [5, 5.41) is 9.65. The van der Waals surface area contributed by atoms with Crippen LogP contribution < -0.4 is 11.5 Å². The standard InChI is InChI=1S/C10H24N2O/c1-4-8(11)7(3)6-10(13)9(12)5-2/h7-10,13H,4-6,11-12H2,1-3H3. The molecule has 3 nitrogen and oxygen atoms in total. The maximum absolute atomic E-state index is 9.65. The molecule has 0 aromatic rings. The summed E-state index contributed by atoms with van der Waals surface area (Å²) in [6.07, 6.45) is 2.08. The molecule has 0 amide bonds. The molecule has 0 aromatic carbocycles. The summed E-state index contributed by atoms with van der Waals surface area (Å²) in [7, 11) is 0. The molecule has 4 atom stereocenters. The van der Waals surface area contributed by atoms with Gasteiger partial charge in [-0.25, -0.2) is 0 Å². The largest absolute Gasteiger partial charge is 0.392 e. The fourth-order valence-corrected chi connectivity index (χ4v) is 1.40. The second-order valence-electron chi connectivity index (χ2n) is 3.92. The minimum absolute atomic E-state index is 0.105. The van der Waals surface area contributed by atoms with Crippen LogP contribution in [0.25, 0.3) is 0 Å². The second-order valence-corrected chi connectivity index (χ2v) is 3.92. The minimum Gasteiger partial charge on any atom is -0.392 e. The predicted molar refractivity (Wildman–Crippen MR) is 56.3 cm³/mol. The summed E-state index contributed by atoms with van der Waals surface area (Å²) in [4.78, 5) is 0. The van der Waals surface area contributed by atoms with Gasteiger partial charge in [0.05, 0.1) is 6.10 Å². The molecule has 5 N–H and O–H groups in total. The van der Waals surface area contributed by atoms with E-state index < -0.39 is 6.10 Å². The van der Waals surface area contributed by atoms with E-state index in [0.717, 1.165) is 12.8 Å². The molecule has 0 bridgehead atoms. The van der Waals surface area contributed by atoms with Crippen molar-refractivity contribution in [2.45, 2.75) is 58.2 Å². The van der Waals surface area contributed by atoms with Gasteiger partial charge in [0.15, 0.2) is 0 Å². The van der Waals surface area contributed by atoms with Crippen LogP contribution in [0.5, 0.6) is 0 Å². The number of rotatable bonds is 6. The van der Waals surface area contributed by atoms with Gasteiger partial charge in [0.2, 0.25) is 0 Å². The smallest absolute Gasteiger partial charge is 0.0694 e. The molecule has 0 aliphatic rings. The second kappa shape index (κ2) is 6.35. The number of hydrogen-bond acceptors (Lipinski definition) is 3. The zero-order valence-corrected chi connectivity index (χ0v) is 9.03. The van der Waals surface area contributed by atoms with Crippen LogP contribution in [0, 0.1) is 5.92 Å². The molecule has 0 aromatic heterocycles. The first-order valence-electron chi connectivity index (χ1n) is 5.22. The Labute approximate surface area is 81.5 Å². The zero-order valence-electron chi connectivity index (χ0n) is 9.03. The Bertz CT molecular complexity index is 116. The molecule has 0 saturated carbocycles. The van der Waals surface area contributed by atoms with E-state index in [4.69, 9.17) is 11.5 Å². The fourth-order valence-electron chi connectivity index (χ4n) is 1.40. The molecule has 0 saturated heterocycles. The van der Waals surface area contributed by atoms with Crippen molar-refractivity contribution in [1.29, 1.82) is 0 Å². The van der Waals surface area contributed by atoms with Gasteiger partial charge in [-0.1, -0.05) is 20.8 Å². The Hall–Kier alpha value is -0.120. The SMILES string of the molecule is CCC(N)C(C)CC(O)C(N)CC. The summed E-state index contributed by atoms with van der Waals surface area (Å²) < 4.78 is 0. The van der Waals surface area contributed by atoms with Crippen LogP contribution in [0.3, 0.4) is 0 Å². The highest BCUT2D eigenvalue weighted by Gasteiger charge is 2.19. The van der Waals surface area contributed by atoms with Gasteiger partial charge in [-0.2, -0.15) is 0 Å². The summed E-state index contributed by atoms with van der Waals surface area (Å²) in [5.41, 5.74) is 11.6. The van der Waals surface area contributed by atoms with E-state index >= 15 is 0 Å². The van der Waals surface area contributed by atoms with Gasteiger partial charge in [0.25, 0.3) is 0 Å². The lowest BCUT2D eigenvalue weighted by Gasteiger charge is -2.24. The van der Waals surface area contributed by atoms with Crippen molar-refractivity contribution in [3.8, 4) is 0 Å². The molecule has 0 rings (SSSR count). The van der Waals surface area contributed by atoms with Gasteiger partial charge < -0.3 is 16.6 Å². The topological polar surface area (TPSA) is 72.3 Å². The molecule has 13 heavy (non-hydrogen) atoms. The van der Waals surface area contributed by atoms with E-state index in [1.54, 1.807) is 0 Å². The van der Waals surface area contributed by atoms with Crippen LogP contribution in [-0.2, 0) is 0 Å². The van der Waals surface area contributed by atoms with E-state index in [2.05, 4.69) is 13.8 Å². The molecule has 0 heterocycles. The third-order valence-electron chi connectivity index (χ3n) is 2.78. The van der Waals surface area contributed by atoms with Gasteiger partial charge in [0.1, 0.15) is 0 Å². The molecule has 80 valence electrons. The first kappa shape index (κ1) is 12.9. The van der Waals surface area contributed by atoms with Crippen LogP contribution in [0.1, 0.15) is 40.0 Å². The van der Waals surface area contributed by atoms with Crippen LogP contribution in [0.2, 0.25) is 0 Å². The maximum atomic E-state index is 9.65. The first-order chi connectivity index (χ1) is 6.02. The quantitative estimate of drug-likeness (QED) is 0.578. The monoisotopic (exact) mass is 188 g/mol. The first-order valence-corrected chi connectivity index (χ1v) is 5.22. The highest BCUT2D eigenvalue weighted by atomic mass is 16.3. The molecule has 0 radical (unpaired) electrons. The molecular formula is C10H24N2O. The number of aliphatic hydroxyl groups is 1. The number of nitrogens with two attached hydrogens (primary N) is 2. The zero-order chi connectivity index (χ0) is 10.4. The summed E-state index contributed by atoms with van der Waals surface area (Å²) in [6.45, 7) is 6.12. The average molecular weight is 188 g/mol. The Kier molecular flexibility index (Phi) is 6.29. The van der Waals surface area contributed by atoms with Gasteiger partial charge in [-0.3, -0.25) is 0 Å².